The molecule has 2 rings (SSSR count). The van der Waals surface area contributed by atoms with Gasteiger partial charge in [0.25, 0.3) is 0 Å². The zero-order valence-corrected chi connectivity index (χ0v) is 9.30. The summed E-state index contributed by atoms with van der Waals surface area (Å²) in [4.78, 5) is 4.08. The number of pyridine rings is 1. The van der Waals surface area contributed by atoms with E-state index in [4.69, 9.17) is 4.74 Å². The van der Waals surface area contributed by atoms with Gasteiger partial charge in [0.1, 0.15) is 5.75 Å². The van der Waals surface area contributed by atoms with E-state index in [1.807, 2.05) is 0 Å². The maximum absolute atomic E-state index is 12.5. The number of halogens is 3. The Hall–Kier alpha value is -1.78. The Kier molecular flexibility index (Phi) is 2.69. The SMILES string of the molecule is COc1cc(C)nc2cc(C(F)(F)F)ccc12. The summed E-state index contributed by atoms with van der Waals surface area (Å²) in [6.45, 7) is 1.71. The van der Waals surface area contributed by atoms with Gasteiger partial charge in [0, 0.05) is 17.1 Å². The normalized spacial score (nSPS) is 11.8. The summed E-state index contributed by atoms with van der Waals surface area (Å²) < 4.78 is 42.7. The van der Waals surface area contributed by atoms with Crippen LogP contribution in [0.5, 0.6) is 5.75 Å². The topological polar surface area (TPSA) is 22.1 Å². The Morgan fingerprint density at radius 3 is 2.47 bits per heavy atom. The molecule has 0 amide bonds. The molecule has 0 fully saturated rings. The van der Waals surface area contributed by atoms with E-state index in [1.165, 1.54) is 13.2 Å². The maximum atomic E-state index is 12.5. The first-order valence-corrected chi connectivity index (χ1v) is 4.94. The molecular formula is C12H10F3NO. The number of methoxy groups -OCH3 is 1. The first kappa shape index (κ1) is 11.7. The summed E-state index contributed by atoms with van der Waals surface area (Å²) in [5, 5.41) is 0.575. The highest BCUT2D eigenvalue weighted by atomic mass is 19.4. The highest BCUT2D eigenvalue weighted by molar-refractivity contribution is 5.85. The lowest BCUT2D eigenvalue weighted by molar-refractivity contribution is -0.137. The van der Waals surface area contributed by atoms with Gasteiger partial charge in [-0.15, -0.1) is 0 Å². The van der Waals surface area contributed by atoms with Gasteiger partial charge in [0.05, 0.1) is 18.2 Å². The molecule has 0 bridgehead atoms. The van der Waals surface area contributed by atoms with Gasteiger partial charge in [-0.25, -0.2) is 0 Å². The fourth-order valence-corrected chi connectivity index (χ4v) is 1.67. The molecule has 1 aromatic carbocycles. The lowest BCUT2D eigenvalue weighted by Gasteiger charge is -2.10. The van der Waals surface area contributed by atoms with Crippen molar-refractivity contribution in [3.05, 3.63) is 35.5 Å². The van der Waals surface area contributed by atoms with E-state index in [2.05, 4.69) is 4.98 Å². The van der Waals surface area contributed by atoms with Crippen LogP contribution in [0, 0.1) is 6.92 Å². The number of hydrogen-bond acceptors (Lipinski definition) is 2. The van der Waals surface area contributed by atoms with E-state index in [-0.39, 0.29) is 5.52 Å². The quantitative estimate of drug-likeness (QED) is 0.761. The van der Waals surface area contributed by atoms with Crippen LogP contribution in [0.4, 0.5) is 13.2 Å². The molecule has 0 saturated heterocycles. The summed E-state index contributed by atoms with van der Waals surface area (Å²) >= 11 is 0. The molecule has 17 heavy (non-hydrogen) atoms. The van der Waals surface area contributed by atoms with Gasteiger partial charge in [0.15, 0.2) is 0 Å². The average Bonchev–Trinajstić information content (AvgIpc) is 2.25. The van der Waals surface area contributed by atoms with Crippen LogP contribution < -0.4 is 4.74 Å². The van der Waals surface area contributed by atoms with E-state index >= 15 is 0 Å². The Morgan fingerprint density at radius 1 is 1.18 bits per heavy atom. The predicted octanol–water partition coefficient (Wildman–Crippen LogP) is 3.57. The van der Waals surface area contributed by atoms with Crippen molar-refractivity contribution in [3.63, 3.8) is 0 Å². The molecular weight excluding hydrogens is 231 g/mol. The van der Waals surface area contributed by atoms with E-state index in [9.17, 15) is 13.2 Å². The van der Waals surface area contributed by atoms with Crippen molar-refractivity contribution in [1.82, 2.24) is 4.98 Å². The van der Waals surface area contributed by atoms with Gasteiger partial charge < -0.3 is 4.74 Å². The van der Waals surface area contributed by atoms with Gasteiger partial charge in [-0.2, -0.15) is 13.2 Å². The molecule has 0 unspecified atom stereocenters. The number of benzene rings is 1. The summed E-state index contributed by atoms with van der Waals surface area (Å²) in [7, 11) is 1.48. The molecule has 1 aromatic heterocycles. The number of nitrogens with zero attached hydrogens (tertiary/aromatic N) is 1. The molecule has 0 spiro atoms. The highest BCUT2D eigenvalue weighted by Crippen LogP contribution is 2.33. The van der Waals surface area contributed by atoms with E-state index < -0.39 is 11.7 Å². The molecule has 0 aliphatic heterocycles. The molecule has 0 atom stereocenters. The molecule has 1 heterocycles. The highest BCUT2D eigenvalue weighted by Gasteiger charge is 2.30. The minimum Gasteiger partial charge on any atom is -0.496 e. The fourth-order valence-electron chi connectivity index (χ4n) is 1.67. The van der Waals surface area contributed by atoms with Crippen LogP contribution in [0.3, 0.4) is 0 Å². The summed E-state index contributed by atoms with van der Waals surface area (Å²) in [5.41, 5.74) is 0.204. The van der Waals surface area contributed by atoms with Crippen molar-refractivity contribution in [2.45, 2.75) is 13.1 Å². The fraction of sp³-hybridized carbons (Fsp3) is 0.250. The molecule has 0 aliphatic carbocycles. The second-order valence-corrected chi connectivity index (χ2v) is 3.70. The van der Waals surface area contributed by atoms with Crippen LogP contribution in [-0.2, 0) is 6.18 Å². The Labute approximate surface area is 96.0 Å². The number of fused-ring (bicyclic) bond motifs is 1. The summed E-state index contributed by atoms with van der Waals surface area (Å²) in [5.74, 6) is 0.529. The lowest BCUT2D eigenvalue weighted by Crippen LogP contribution is -2.04. The van der Waals surface area contributed by atoms with Crippen LogP contribution in [0.15, 0.2) is 24.3 Å². The molecule has 5 heteroatoms. The van der Waals surface area contributed by atoms with Crippen molar-refractivity contribution in [1.29, 1.82) is 0 Å². The van der Waals surface area contributed by atoms with E-state index in [0.29, 0.717) is 16.8 Å². The number of alkyl halides is 3. The molecule has 90 valence electrons. The molecule has 0 saturated carbocycles. The second-order valence-electron chi connectivity index (χ2n) is 3.70. The largest absolute Gasteiger partial charge is 0.496 e. The van der Waals surface area contributed by atoms with Gasteiger partial charge >= 0.3 is 6.18 Å². The molecule has 2 aromatic rings. The van der Waals surface area contributed by atoms with Crippen molar-refractivity contribution in [2.75, 3.05) is 7.11 Å². The number of rotatable bonds is 1. The number of aryl methyl sites for hydroxylation is 1. The van der Waals surface area contributed by atoms with Gasteiger partial charge in [-0.1, -0.05) is 0 Å². The third-order valence-corrected chi connectivity index (χ3v) is 2.45. The number of ether oxygens (including phenoxy) is 1. The van der Waals surface area contributed by atoms with Crippen molar-refractivity contribution in [2.24, 2.45) is 0 Å². The van der Waals surface area contributed by atoms with Gasteiger partial charge in [-0.3, -0.25) is 4.98 Å². The second kappa shape index (κ2) is 3.91. The summed E-state index contributed by atoms with van der Waals surface area (Å²) in [6, 6.07) is 5.13. The molecule has 2 nitrogen and oxygen atoms in total. The van der Waals surface area contributed by atoms with Crippen LogP contribution >= 0.6 is 0 Å². The van der Waals surface area contributed by atoms with E-state index in [0.717, 1.165) is 12.1 Å². The molecule has 0 radical (unpaired) electrons. The Bertz CT molecular complexity index is 563. The van der Waals surface area contributed by atoms with Gasteiger partial charge in [0.2, 0.25) is 0 Å². The Balaban J connectivity index is 2.70. The van der Waals surface area contributed by atoms with Crippen molar-refractivity contribution < 1.29 is 17.9 Å². The zero-order valence-electron chi connectivity index (χ0n) is 9.30. The average molecular weight is 241 g/mol. The third-order valence-electron chi connectivity index (χ3n) is 2.45. The standard InChI is InChI=1S/C12H10F3NO/c1-7-5-11(17-2)9-4-3-8(12(13,14)15)6-10(9)16-7/h3-6H,1-2H3. The van der Waals surface area contributed by atoms with Crippen LogP contribution in [-0.4, -0.2) is 12.1 Å². The first-order chi connectivity index (χ1) is 7.91. The lowest BCUT2D eigenvalue weighted by atomic mass is 10.1. The zero-order chi connectivity index (χ0) is 12.6. The number of aromatic nitrogens is 1. The molecule has 0 aliphatic rings. The minimum atomic E-state index is -4.35. The van der Waals surface area contributed by atoms with Crippen LogP contribution in [0.2, 0.25) is 0 Å². The van der Waals surface area contributed by atoms with Crippen LogP contribution in [0.1, 0.15) is 11.3 Å². The van der Waals surface area contributed by atoms with Gasteiger partial charge in [-0.05, 0) is 25.1 Å². The maximum Gasteiger partial charge on any atom is 0.416 e. The monoisotopic (exact) mass is 241 g/mol. The van der Waals surface area contributed by atoms with Crippen molar-refractivity contribution in [3.8, 4) is 5.75 Å². The minimum absolute atomic E-state index is 0.289. The van der Waals surface area contributed by atoms with Crippen molar-refractivity contribution >= 4 is 10.9 Å². The number of hydrogen-bond donors (Lipinski definition) is 0. The first-order valence-electron chi connectivity index (χ1n) is 4.94. The smallest absolute Gasteiger partial charge is 0.416 e. The third kappa shape index (κ3) is 2.18. The molecule has 0 N–H and O–H groups in total. The summed E-state index contributed by atoms with van der Waals surface area (Å²) in [6.07, 6.45) is -4.35. The van der Waals surface area contributed by atoms with E-state index in [1.54, 1.807) is 13.0 Å². The predicted molar refractivity (Wildman–Crippen MR) is 58.0 cm³/mol. The Morgan fingerprint density at radius 2 is 1.88 bits per heavy atom. The van der Waals surface area contributed by atoms with Crippen LogP contribution in [0.25, 0.3) is 10.9 Å².